The highest BCUT2D eigenvalue weighted by Gasteiger charge is 2.23. The number of benzene rings is 1. The highest BCUT2D eigenvalue weighted by Crippen LogP contribution is 2.32. The molecule has 0 spiro atoms. The Bertz CT molecular complexity index is 568. The Hall–Kier alpha value is -0.620. The monoisotopic (exact) mass is 302 g/mol. The lowest BCUT2D eigenvalue weighted by molar-refractivity contribution is 0.574. The quantitative estimate of drug-likeness (QED) is 0.846. The van der Waals surface area contributed by atoms with Crippen molar-refractivity contribution >= 4 is 21.6 Å². The van der Waals surface area contributed by atoms with Crippen LogP contribution in [0.15, 0.2) is 17.0 Å². The lowest BCUT2D eigenvalue weighted by Gasteiger charge is -2.12. The van der Waals surface area contributed by atoms with Gasteiger partial charge in [-0.25, -0.2) is 13.1 Å². The molecule has 1 aromatic rings. The summed E-state index contributed by atoms with van der Waals surface area (Å²) in [6.45, 7) is 2.52. The zero-order chi connectivity index (χ0) is 14.0. The summed E-state index contributed by atoms with van der Waals surface area (Å²) >= 11 is 5.95. The van der Waals surface area contributed by atoms with Crippen molar-refractivity contribution in [1.82, 2.24) is 4.72 Å². The molecule has 19 heavy (non-hydrogen) atoms. The van der Waals surface area contributed by atoms with E-state index in [4.69, 9.17) is 17.3 Å². The van der Waals surface area contributed by atoms with Crippen LogP contribution in [0.25, 0.3) is 0 Å². The van der Waals surface area contributed by atoms with Crippen LogP contribution in [0.5, 0.6) is 0 Å². The van der Waals surface area contributed by atoms with Gasteiger partial charge in [-0.05, 0) is 42.5 Å². The zero-order valence-electron chi connectivity index (χ0n) is 10.9. The van der Waals surface area contributed by atoms with Crippen LogP contribution in [-0.4, -0.2) is 15.0 Å². The van der Waals surface area contributed by atoms with Gasteiger partial charge in [0.25, 0.3) is 0 Å². The Morgan fingerprint density at radius 3 is 2.68 bits per heavy atom. The van der Waals surface area contributed by atoms with Crippen molar-refractivity contribution in [1.29, 1.82) is 0 Å². The van der Waals surface area contributed by atoms with E-state index in [9.17, 15) is 8.42 Å². The molecule has 1 fully saturated rings. The maximum atomic E-state index is 12.3. The summed E-state index contributed by atoms with van der Waals surface area (Å²) in [5.74, 6) is 0.697. The van der Waals surface area contributed by atoms with Crippen molar-refractivity contribution in [3.05, 3.63) is 28.3 Å². The van der Waals surface area contributed by atoms with Gasteiger partial charge in [0.2, 0.25) is 10.0 Å². The molecule has 0 saturated heterocycles. The molecule has 1 aliphatic carbocycles. The maximum Gasteiger partial charge on any atom is 0.240 e. The van der Waals surface area contributed by atoms with Crippen LogP contribution in [0.1, 0.15) is 30.4 Å². The van der Waals surface area contributed by atoms with E-state index >= 15 is 0 Å². The van der Waals surface area contributed by atoms with Crippen LogP contribution in [-0.2, 0) is 16.6 Å². The zero-order valence-corrected chi connectivity index (χ0v) is 12.5. The molecule has 0 aromatic heterocycles. The van der Waals surface area contributed by atoms with E-state index in [0.717, 1.165) is 12.0 Å². The molecule has 0 atom stereocenters. The maximum absolute atomic E-state index is 12.3. The molecule has 2 rings (SSSR count). The average Bonchev–Trinajstić information content (AvgIpc) is 3.15. The van der Waals surface area contributed by atoms with Gasteiger partial charge in [0, 0.05) is 18.1 Å². The summed E-state index contributed by atoms with van der Waals surface area (Å²) in [5.41, 5.74) is 7.04. The molecule has 0 heterocycles. The molecule has 4 nitrogen and oxygen atoms in total. The first-order valence-corrected chi connectivity index (χ1v) is 8.29. The van der Waals surface area contributed by atoms with E-state index in [0.29, 0.717) is 23.0 Å². The number of nitrogens with two attached hydrogens (primary N) is 1. The molecular weight excluding hydrogens is 284 g/mol. The Balaban J connectivity index is 2.20. The van der Waals surface area contributed by atoms with Gasteiger partial charge in [-0.15, -0.1) is 0 Å². The van der Waals surface area contributed by atoms with Gasteiger partial charge in [0.15, 0.2) is 0 Å². The van der Waals surface area contributed by atoms with Gasteiger partial charge in [-0.1, -0.05) is 24.4 Å². The molecule has 0 radical (unpaired) electrons. The van der Waals surface area contributed by atoms with Crippen LogP contribution in [0.4, 0.5) is 0 Å². The third kappa shape index (κ3) is 3.69. The summed E-state index contributed by atoms with van der Waals surface area (Å²) in [6.07, 6.45) is 3.34. The molecule has 0 amide bonds. The Morgan fingerprint density at radius 2 is 2.11 bits per heavy atom. The van der Waals surface area contributed by atoms with Gasteiger partial charge in [0.1, 0.15) is 0 Å². The Morgan fingerprint density at radius 1 is 1.42 bits per heavy atom. The summed E-state index contributed by atoms with van der Waals surface area (Å²) in [4.78, 5) is 0.233. The predicted octanol–water partition coefficient (Wildman–Crippen LogP) is 2.19. The number of halogens is 1. The van der Waals surface area contributed by atoms with E-state index in [1.807, 2.05) is 0 Å². The van der Waals surface area contributed by atoms with E-state index in [-0.39, 0.29) is 11.4 Å². The van der Waals surface area contributed by atoms with Crippen LogP contribution >= 0.6 is 11.6 Å². The Labute approximate surface area is 119 Å². The molecule has 1 saturated carbocycles. The first-order chi connectivity index (χ1) is 8.94. The average molecular weight is 303 g/mol. The highest BCUT2D eigenvalue weighted by atomic mass is 35.5. The largest absolute Gasteiger partial charge is 0.326 e. The van der Waals surface area contributed by atoms with Crippen molar-refractivity contribution < 1.29 is 8.42 Å². The molecular formula is C13H19ClN2O2S. The smallest absolute Gasteiger partial charge is 0.240 e. The second-order valence-electron chi connectivity index (χ2n) is 5.02. The van der Waals surface area contributed by atoms with E-state index in [1.165, 1.54) is 18.9 Å². The van der Waals surface area contributed by atoms with E-state index < -0.39 is 10.0 Å². The van der Waals surface area contributed by atoms with Crippen molar-refractivity contribution in [2.24, 2.45) is 11.7 Å². The molecule has 1 aromatic carbocycles. The standard InChI is InChI=1S/C13H19ClN2O2S/c1-9-11(8-15)6-12(14)7-13(9)19(17,18)16-5-4-10-2-3-10/h6-7,10,16H,2-5,8,15H2,1H3. The third-order valence-corrected chi connectivity index (χ3v) is 5.29. The lowest BCUT2D eigenvalue weighted by Crippen LogP contribution is -2.26. The molecule has 106 valence electrons. The van der Waals surface area contributed by atoms with Crippen LogP contribution in [0.2, 0.25) is 5.02 Å². The first kappa shape index (κ1) is 14.8. The summed E-state index contributed by atoms with van der Waals surface area (Å²) < 4.78 is 27.2. The number of nitrogens with one attached hydrogen (secondary N) is 1. The third-order valence-electron chi connectivity index (χ3n) is 3.48. The summed E-state index contributed by atoms with van der Waals surface area (Å²) in [5, 5.41) is 0.397. The predicted molar refractivity (Wildman–Crippen MR) is 76.6 cm³/mol. The molecule has 1 aliphatic rings. The molecule has 6 heteroatoms. The minimum absolute atomic E-state index is 0.233. The Kier molecular flexibility index (Phi) is 4.50. The van der Waals surface area contributed by atoms with Crippen molar-refractivity contribution in [3.8, 4) is 0 Å². The van der Waals surface area contributed by atoms with Gasteiger partial charge in [-0.2, -0.15) is 0 Å². The first-order valence-electron chi connectivity index (χ1n) is 6.43. The fraction of sp³-hybridized carbons (Fsp3) is 0.538. The van der Waals surface area contributed by atoms with E-state index in [2.05, 4.69) is 4.72 Å². The topological polar surface area (TPSA) is 72.2 Å². The van der Waals surface area contributed by atoms with Gasteiger partial charge >= 0.3 is 0 Å². The summed E-state index contributed by atoms with van der Waals surface area (Å²) in [6, 6.07) is 3.19. The van der Waals surface area contributed by atoms with Crippen LogP contribution in [0, 0.1) is 12.8 Å². The molecule has 0 unspecified atom stereocenters. The van der Waals surface area contributed by atoms with Crippen LogP contribution in [0.3, 0.4) is 0 Å². The minimum atomic E-state index is -3.50. The van der Waals surface area contributed by atoms with Crippen LogP contribution < -0.4 is 10.5 Å². The fourth-order valence-corrected chi connectivity index (χ4v) is 3.74. The number of hydrogen-bond acceptors (Lipinski definition) is 3. The lowest BCUT2D eigenvalue weighted by atomic mass is 10.1. The second-order valence-corrected chi connectivity index (χ2v) is 7.19. The van der Waals surface area contributed by atoms with Crippen molar-refractivity contribution in [3.63, 3.8) is 0 Å². The summed E-state index contributed by atoms with van der Waals surface area (Å²) in [7, 11) is -3.50. The normalized spacial score (nSPS) is 15.7. The van der Waals surface area contributed by atoms with Gasteiger partial charge < -0.3 is 5.73 Å². The number of sulfonamides is 1. The SMILES string of the molecule is Cc1c(CN)cc(Cl)cc1S(=O)(=O)NCCC1CC1. The van der Waals surface area contributed by atoms with Gasteiger partial charge in [-0.3, -0.25) is 0 Å². The van der Waals surface area contributed by atoms with Crippen molar-refractivity contribution in [2.75, 3.05) is 6.54 Å². The minimum Gasteiger partial charge on any atom is -0.326 e. The number of hydrogen-bond donors (Lipinski definition) is 2. The van der Waals surface area contributed by atoms with Crippen molar-refractivity contribution in [2.45, 2.75) is 37.6 Å². The highest BCUT2D eigenvalue weighted by molar-refractivity contribution is 7.89. The molecule has 0 bridgehead atoms. The molecule has 3 N–H and O–H groups in total. The second kappa shape index (κ2) is 5.79. The fourth-order valence-electron chi connectivity index (χ4n) is 2.08. The van der Waals surface area contributed by atoms with E-state index in [1.54, 1.807) is 13.0 Å². The van der Waals surface area contributed by atoms with Gasteiger partial charge in [0.05, 0.1) is 4.90 Å². The molecule has 0 aliphatic heterocycles. The number of rotatable bonds is 6.